The number of hydrogen-bond acceptors (Lipinski definition) is 3. The van der Waals surface area contributed by atoms with E-state index in [2.05, 4.69) is 10.6 Å². The van der Waals surface area contributed by atoms with Crippen LogP contribution in [0, 0.1) is 5.92 Å². The molecule has 2 N–H and O–H groups in total. The first kappa shape index (κ1) is 22.2. The van der Waals surface area contributed by atoms with Crippen molar-refractivity contribution in [1.29, 1.82) is 0 Å². The molecule has 2 aromatic carbocycles. The van der Waals surface area contributed by atoms with Gasteiger partial charge in [0.1, 0.15) is 5.75 Å². The van der Waals surface area contributed by atoms with Gasteiger partial charge >= 0.3 is 6.03 Å². The number of hydrogen-bond donors (Lipinski definition) is 2. The smallest absolute Gasteiger partial charge is 0.321 e. The van der Waals surface area contributed by atoms with E-state index in [1.54, 1.807) is 4.90 Å². The van der Waals surface area contributed by atoms with Crippen LogP contribution in [0.2, 0.25) is 0 Å². The van der Waals surface area contributed by atoms with Gasteiger partial charge < -0.3 is 20.3 Å². The van der Waals surface area contributed by atoms with Crippen LogP contribution in [0.25, 0.3) is 0 Å². The van der Waals surface area contributed by atoms with Gasteiger partial charge in [0.05, 0.1) is 6.10 Å². The van der Waals surface area contributed by atoms with Crippen LogP contribution in [-0.2, 0) is 11.3 Å². The predicted molar refractivity (Wildman–Crippen MR) is 126 cm³/mol. The van der Waals surface area contributed by atoms with E-state index < -0.39 is 0 Å². The van der Waals surface area contributed by atoms with Gasteiger partial charge in [0.2, 0.25) is 5.91 Å². The van der Waals surface area contributed by atoms with Crippen molar-refractivity contribution in [1.82, 2.24) is 10.2 Å². The van der Waals surface area contributed by atoms with Gasteiger partial charge in [-0.3, -0.25) is 4.79 Å². The summed E-state index contributed by atoms with van der Waals surface area (Å²) in [4.78, 5) is 26.9. The lowest BCUT2D eigenvalue weighted by Gasteiger charge is -2.31. The molecule has 2 aromatic rings. The normalized spacial score (nSPS) is 17.6. The monoisotopic (exact) mass is 435 g/mol. The molecular formula is C26H33N3O3. The molecule has 1 aliphatic heterocycles. The fraction of sp³-hybridized carbons (Fsp3) is 0.462. The highest BCUT2D eigenvalue weighted by Crippen LogP contribution is 2.24. The number of nitrogens with one attached hydrogen (secondary N) is 2. The Labute approximate surface area is 190 Å². The average molecular weight is 436 g/mol. The molecule has 6 heteroatoms. The van der Waals surface area contributed by atoms with Crippen LogP contribution in [0.5, 0.6) is 5.75 Å². The third-order valence-corrected chi connectivity index (χ3v) is 6.40. The summed E-state index contributed by atoms with van der Waals surface area (Å²) < 4.78 is 6.14. The zero-order chi connectivity index (χ0) is 22.2. The highest BCUT2D eigenvalue weighted by atomic mass is 16.5. The van der Waals surface area contributed by atoms with Gasteiger partial charge in [-0.1, -0.05) is 36.8 Å². The molecule has 1 saturated heterocycles. The van der Waals surface area contributed by atoms with Gasteiger partial charge in [-0.25, -0.2) is 4.79 Å². The lowest BCUT2D eigenvalue weighted by atomic mass is 9.96. The molecule has 6 nitrogen and oxygen atoms in total. The van der Waals surface area contributed by atoms with Crippen molar-refractivity contribution in [2.24, 2.45) is 5.92 Å². The summed E-state index contributed by atoms with van der Waals surface area (Å²) >= 11 is 0. The maximum absolute atomic E-state index is 12.7. The molecule has 32 heavy (non-hydrogen) atoms. The van der Waals surface area contributed by atoms with E-state index in [1.807, 2.05) is 54.6 Å². The molecule has 1 saturated carbocycles. The standard InChI is InChI=1S/C26H33N3O3/c30-25(21-14-16-29(17-15-21)26(31)28-22-9-3-1-4-10-22)27-19-20-8-7-13-24(18-20)32-23-11-5-2-6-12-23/h1,3-4,7-10,13,18,21,23H,2,5-6,11-12,14-17,19H2,(H,27,30)(H,28,31). The van der Waals surface area contributed by atoms with Crippen LogP contribution in [0.1, 0.15) is 50.5 Å². The molecular weight excluding hydrogens is 402 g/mol. The predicted octanol–water partition coefficient (Wildman–Crippen LogP) is 4.96. The fourth-order valence-corrected chi connectivity index (χ4v) is 4.51. The van der Waals surface area contributed by atoms with Crippen molar-refractivity contribution < 1.29 is 14.3 Å². The van der Waals surface area contributed by atoms with E-state index in [1.165, 1.54) is 19.3 Å². The topological polar surface area (TPSA) is 70.7 Å². The number of nitrogens with zero attached hydrogens (tertiary/aromatic N) is 1. The molecule has 1 aliphatic carbocycles. The Morgan fingerprint density at radius 3 is 2.41 bits per heavy atom. The number of benzene rings is 2. The number of piperidine rings is 1. The number of para-hydroxylation sites is 1. The average Bonchev–Trinajstić information content (AvgIpc) is 2.84. The molecule has 3 amide bonds. The van der Waals surface area contributed by atoms with Crippen molar-refractivity contribution in [3.05, 3.63) is 60.2 Å². The summed E-state index contributed by atoms with van der Waals surface area (Å²) in [6, 6.07) is 17.4. The number of amides is 3. The number of likely N-dealkylation sites (tertiary alicyclic amines) is 1. The van der Waals surface area contributed by atoms with E-state index in [0.717, 1.165) is 29.8 Å². The first-order chi connectivity index (χ1) is 15.7. The second kappa shape index (κ2) is 11.0. The lowest BCUT2D eigenvalue weighted by molar-refractivity contribution is -0.126. The maximum Gasteiger partial charge on any atom is 0.321 e. The minimum atomic E-state index is -0.107. The lowest BCUT2D eigenvalue weighted by Crippen LogP contribution is -2.44. The Balaban J connectivity index is 1.20. The molecule has 0 aromatic heterocycles. The van der Waals surface area contributed by atoms with E-state index in [0.29, 0.717) is 38.6 Å². The molecule has 2 aliphatic rings. The Morgan fingerprint density at radius 1 is 0.906 bits per heavy atom. The quantitative estimate of drug-likeness (QED) is 0.674. The Morgan fingerprint density at radius 2 is 1.66 bits per heavy atom. The molecule has 0 spiro atoms. The van der Waals surface area contributed by atoms with Gasteiger partial charge in [-0.2, -0.15) is 0 Å². The maximum atomic E-state index is 12.7. The van der Waals surface area contributed by atoms with Gasteiger partial charge in [0.15, 0.2) is 0 Å². The van der Waals surface area contributed by atoms with Crippen LogP contribution in [0.3, 0.4) is 0 Å². The van der Waals surface area contributed by atoms with Crippen molar-refractivity contribution in [3.63, 3.8) is 0 Å². The highest BCUT2D eigenvalue weighted by Gasteiger charge is 2.27. The first-order valence-electron chi connectivity index (χ1n) is 11.8. The van der Waals surface area contributed by atoms with E-state index >= 15 is 0 Å². The van der Waals surface area contributed by atoms with Crippen LogP contribution < -0.4 is 15.4 Å². The number of carbonyl (C=O) groups excluding carboxylic acids is 2. The Hall–Kier alpha value is -3.02. The Bertz CT molecular complexity index is 888. The molecule has 0 bridgehead atoms. The van der Waals surface area contributed by atoms with Crippen molar-refractivity contribution in [2.75, 3.05) is 18.4 Å². The Kier molecular flexibility index (Phi) is 7.64. The number of anilines is 1. The number of urea groups is 1. The number of rotatable bonds is 6. The van der Waals surface area contributed by atoms with Gasteiger partial charge in [0, 0.05) is 31.2 Å². The van der Waals surface area contributed by atoms with Crippen LogP contribution in [-0.4, -0.2) is 36.0 Å². The van der Waals surface area contributed by atoms with Crippen LogP contribution in [0.4, 0.5) is 10.5 Å². The van der Waals surface area contributed by atoms with Crippen LogP contribution in [0.15, 0.2) is 54.6 Å². The van der Waals surface area contributed by atoms with Gasteiger partial charge in [-0.15, -0.1) is 0 Å². The van der Waals surface area contributed by atoms with Gasteiger partial charge in [0.25, 0.3) is 0 Å². The van der Waals surface area contributed by atoms with E-state index in [9.17, 15) is 9.59 Å². The highest BCUT2D eigenvalue weighted by molar-refractivity contribution is 5.89. The van der Waals surface area contributed by atoms with E-state index in [-0.39, 0.29) is 17.9 Å². The summed E-state index contributed by atoms with van der Waals surface area (Å²) in [5.74, 6) is 0.894. The molecule has 4 rings (SSSR count). The second-order valence-corrected chi connectivity index (χ2v) is 8.80. The van der Waals surface area contributed by atoms with Crippen molar-refractivity contribution >= 4 is 17.6 Å². The number of ether oxygens (including phenoxy) is 1. The summed E-state index contributed by atoms with van der Waals surface area (Å²) in [6.45, 7) is 1.67. The largest absolute Gasteiger partial charge is 0.490 e. The fourth-order valence-electron chi connectivity index (χ4n) is 4.51. The summed E-state index contributed by atoms with van der Waals surface area (Å²) in [5, 5.41) is 5.98. The zero-order valence-electron chi connectivity index (χ0n) is 18.6. The van der Waals surface area contributed by atoms with Crippen molar-refractivity contribution in [3.8, 4) is 5.75 Å². The zero-order valence-corrected chi connectivity index (χ0v) is 18.6. The minimum absolute atomic E-state index is 0.0579. The SMILES string of the molecule is O=C(NCc1cccc(OC2CCCCC2)c1)C1CCN(C(=O)Nc2ccccc2)CC1. The molecule has 0 unspecified atom stereocenters. The number of carbonyl (C=O) groups is 2. The van der Waals surface area contributed by atoms with Gasteiger partial charge in [-0.05, 0) is 68.4 Å². The van der Waals surface area contributed by atoms with E-state index in [4.69, 9.17) is 4.74 Å². The molecule has 0 atom stereocenters. The molecule has 1 heterocycles. The van der Waals surface area contributed by atoms with Crippen LogP contribution >= 0.6 is 0 Å². The third-order valence-electron chi connectivity index (χ3n) is 6.40. The third kappa shape index (κ3) is 6.25. The van der Waals surface area contributed by atoms with Crippen molar-refractivity contribution in [2.45, 2.75) is 57.6 Å². The first-order valence-corrected chi connectivity index (χ1v) is 11.8. The second-order valence-electron chi connectivity index (χ2n) is 8.80. The molecule has 2 fully saturated rings. The summed E-state index contributed by atoms with van der Waals surface area (Å²) in [6.07, 6.45) is 7.73. The molecule has 0 radical (unpaired) electrons. The summed E-state index contributed by atoms with van der Waals surface area (Å²) in [5.41, 5.74) is 1.83. The minimum Gasteiger partial charge on any atom is -0.490 e. The summed E-state index contributed by atoms with van der Waals surface area (Å²) in [7, 11) is 0. The molecule has 170 valence electrons.